The molecular weight excluding hydrogens is 372 g/mol. The molecule has 2 atom stereocenters. The van der Waals surface area contributed by atoms with Crippen LogP contribution in [-0.4, -0.2) is 42.5 Å². The minimum Gasteiger partial charge on any atom is -0.492 e. The third-order valence-electron chi connectivity index (χ3n) is 5.73. The average molecular weight is 395 g/mol. The Hall–Kier alpha value is -2.62. The van der Waals surface area contributed by atoms with Crippen LogP contribution in [0.3, 0.4) is 0 Å². The molecule has 1 aromatic carbocycles. The van der Waals surface area contributed by atoms with E-state index in [1.807, 2.05) is 0 Å². The van der Waals surface area contributed by atoms with Gasteiger partial charge in [0.2, 0.25) is 0 Å². The topological polar surface area (TPSA) is 119 Å². The molecule has 0 bridgehead atoms. The van der Waals surface area contributed by atoms with Crippen LogP contribution >= 0.6 is 0 Å². The SMILES string of the molecule is COc1c(N2CCC(C(N)CF)C2)c(F)c(N)c2c(=O)[nH]c(=O)n(C3CC3)c12. The number of nitrogen functional groups attached to an aromatic ring is 1. The minimum absolute atomic E-state index is 0.0838. The zero-order valence-electron chi connectivity index (χ0n) is 15.5. The van der Waals surface area contributed by atoms with Gasteiger partial charge in [-0.1, -0.05) is 0 Å². The quantitative estimate of drug-likeness (QED) is 0.647. The van der Waals surface area contributed by atoms with Crippen molar-refractivity contribution in [3.63, 3.8) is 0 Å². The maximum Gasteiger partial charge on any atom is 0.329 e. The van der Waals surface area contributed by atoms with Crippen LogP contribution in [0.4, 0.5) is 20.2 Å². The second-order valence-corrected chi connectivity index (χ2v) is 7.51. The molecule has 1 aromatic heterocycles. The first-order valence-corrected chi connectivity index (χ1v) is 9.28. The van der Waals surface area contributed by atoms with Crippen LogP contribution in [0.2, 0.25) is 0 Å². The Morgan fingerprint density at radius 1 is 1.32 bits per heavy atom. The van der Waals surface area contributed by atoms with E-state index in [1.54, 1.807) is 4.90 Å². The van der Waals surface area contributed by atoms with Crippen molar-refractivity contribution in [1.82, 2.24) is 9.55 Å². The number of nitrogens with one attached hydrogen (secondary N) is 1. The molecule has 5 N–H and O–H groups in total. The number of H-pyrrole nitrogens is 1. The van der Waals surface area contributed by atoms with Gasteiger partial charge in [-0.15, -0.1) is 0 Å². The third-order valence-corrected chi connectivity index (χ3v) is 5.73. The first-order chi connectivity index (χ1) is 13.4. The van der Waals surface area contributed by atoms with Gasteiger partial charge in [-0.3, -0.25) is 14.3 Å². The fourth-order valence-corrected chi connectivity index (χ4v) is 4.09. The Balaban J connectivity index is 1.98. The summed E-state index contributed by atoms with van der Waals surface area (Å²) in [6, 6.07) is -0.728. The number of halogens is 2. The monoisotopic (exact) mass is 395 g/mol. The Bertz CT molecular complexity index is 1050. The van der Waals surface area contributed by atoms with Gasteiger partial charge in [-0.05, 0) is 25.2 Å². The standard InChI is InChI=1S/C18H23F2N5O3/c1-28-16-14-11(17(26)23-18(27)25(14)9-2-3-9)13(22)12(20)15(16)24-5-4-8(7-24)10(21)6-19/h8-10H,2-7,21-22H2,1H3,(H,23,26,27). The summed E-state index contributed by atoms with van der Waals surface area (Å²) in [5.74, 6) is -0.840. The van der Waals surface area contributed by atoms with Crippen LogP contribution < -0.4 is 32.4 Å². The molecule has 1 aliphatic carbocycles. The van der Waals surface area contributed by atoms with Gasteiger partial charge in [0.25, 0.3) is 5.56 Å². The second-order valence-electron chi connectivity index (χ2n) is 7.51. The highest BCUT2D eigenvalue weighted by atomic mass is 19.1. The van der Waals surface area contributed by atoms with Crippen molar-refractivity contribution >= 4 is 22.3 Å². The van der Waals surface area contributed by atoms with Gasteiger partial charge in [0, 0.05) is 25.2 Å². The van der Waals surface area contributed by atoms with Crippen LogP contribution in [0.1, 0.15) is 25.3 Å². The number of alkyl halides is 1. The number of ether oxygens (including phenoxy) is 1. The summed E-state index contributed by atoms with van der Waals surface area (Å²) in [6.07, 6.45) is 2.14. The van der Waals surface area contributed by atoms with Crippen molar-refractivity contribution in [1.29, 1.82) is 0 Å². The van der Waals surface area contributed by atoms with Crippen LogP contribution in [-0.2, 0) is 0 Å². The van der Waals surface area contributed by atoms with Gasteiger partial charge < -0.3 is 21.1 Å². The molecule has 1 saturated carbocycles. The van der Waals surface area contributed by atoms with Crippen LogP contribution in [0, 0.1) is 11.7 Å². The van der Waals surface area contributed by atoms with E-state index in [1.165, 1.54) is 11.7 Å². The highest BCUT2D eigenvalue weighted by molar-refractivity contribution is 5.99. The van der Waals surface area contributed by atoms with Crippen molar-refractivity contribution in [2.45, 2.75) is 31.3 Å². The fraction of sp³-hybridized carbons (Fsp3) is 0.556. The van der Waals surface area contributed by atoms with Gasteiger partial charge in [-0.2, -0.15) is 0 Å². The molecule has 1 saturated heterocycles. The summed E-state index contributed by atoms with van der Waals surface area (Å²) in [5, 5.41) is -0.0965. The summed E-state index contributed by atoms with van der Waals surface area (Å²) in [5.41, 5.74) is 10.4. The summed E-state index contributed by atoms with van der Waals surface area (Å²) in [4.78, 5) is 28.8. The van der Waals surface area contributed by atoms with Gasteiger partial charge in [-0.25, -0.2) is 13.6 Å². The largest absolute Gasteiger partial charge is 0.492 e. The van der Waals surface area contributed by atoms with E-state index in [0.29, 0.717) is 19.5 Å². The second kappa shape index (κ2) is 6.77. The summed E-state index contributed by atoms with van der Waals surface area (Å²) >= 11 is 0. The van der Waals surface area contributed by atoms with Crippen molar-refractivity contribution < 1.29 is 13.5 Å². The van der Waals surface area contributed by atoms with Crippen molar-refractivity contribution in [3.8, 4) is 5.75 Å². The number of hydrogen-bond donors (Lipinski definition) is 3. The molecule has 1 aliphatic heterocycles. The lowest BCUT2D eigenvalue weighted by Gasteiger charge is -2.25. The number of fused-ring (bicyclic) bond motifs is 1. The van der Waals surface area contributed by atoms with Gasteiger partial charge in [0.05, 0.1) is 18.2 Å². The van der Waals surface area contributed by atoms with Gasteiger partial charge >= 0.3 is 5.69 Å². The molecular formula is C18H23F2N5O3. The minimum atomic E-state index is -0.787. The first kappa shape index (κ1) is 18.7. The molecule has 4 rings (SSSR count). The molecule has 2 aliphatic rings. The molecule has 2 fully saturated rings. The van der Waals surface area contributed by atoms with E-state index in [-0.39, 0.29) is 40.0 Å². The van der Waals surface area contributed by atoms with E-state index in [4.69, 9.17) is 16.2 Å². The third kappa shape index (κ3) is 2.74. The van der Waals surface area contributed by atoms with Crippen LogP contribution in [0.25, 0.3) is 10.9 Å². The maximum atomic E-state index is 15.3. The molecule has 0 amide bonds. The lowest BCUT2D eigenvalue weighted by Crippen LogP contribution is -2.35. The first-order valence-electron chi connectivity index (χ1n) is 9.28. The van der Waals surface area contributed by atoms with Crippen molar-refractivity contribution in [3.05, 3.63) is 26.7 Å². The molecule has 0 spiro atoms. The number of aromatic nitrogens is 2. The molecule has 2 heterocycles. The Morgan fingerprint density at radius 2 is 2.04 bits per heavy atom. The fourth-order valence-electron chi connectivity index (χ4n) is 4.09. The lowest BCUT2D eigenvalue weighted by atomic mass is 10.0. The molecule has 10 heteroatoms. The van der Waals surface area contributed by atoms with Crippen molar-refractivity contribution in [2.24, 2.45) is 11.7 Å². The van der Waals surface area contributed by atoms with E-state index < -0.39 is 29.8 Å². The highest BCUT2D eigenvalue weighted by Gasteiger charge is 2.36. The zero-order valence-corrected chi connectivity index (χ0v) is 15.5. The Kier molecular flexibility index (Phi) is 4.53. The predicted molar refractivity (Wildman–Crippen MR) is 102 cm³/mol. The highest BCUT2D eigenvalue weighted by Crippen LogP contribution is 2.45. The summed E-state index contributed by atoms with van der Waals surface area (Å²) in [6.45, 7) is 0.113. The molecule has 152 valence electrons. The van der Waals surface area contributed by atoms with Crippen LogP contribution in [0.15, 0.2) is 9.59 Å². The summed E-state index contributed by atoms with van der Waals surface area (Å²) in [7, 11) is 1.36. The number of nitrogens with zero attached hydrogens (tertiary/aromatic N) is 2. The number of rotatable bonds is 5. The Labute approximate surface area is 159 Å². The lowest BCUT2D eigenvalue weighted by molar-refractivity contribution is 0.350. The normalized spacial score (nSPS) is 20.7. The van der Waals surface area contributed by atoms with E-state index in [2.05, 4.69) is 4.98 Å². The van der Waals surface area contributed by atoms with Gasteiger partial charge in [0.15, 0.2) is 11.6 Å². The molecule has 0 radical (unpaired) electrons. The van der Waals surface area contributed by atoms with Crippen molar-refractivity contribution in [2.75, 3.05) is 37.5 Å². The van der Waals surface area contributed by atoms with E-state index >= 15 is 4.39 Å². The molecule has 2 aromatic rings. The maximum absolute atomic E-state index is 15.3. The molecule has 8 nitrogen and oxygen atoms in total. The number of anilines is 2. The smallest absolute Gasteiger partial charge is 0.329 e. The Morgan fingerprint density at radius 3 is 2.64 bits per heavy atom. The predicted octanol–water partition coefficient (Wildman–Crippen LogP) is 0.878. The van der Waals surface area contributed by atoms with E-state index in [0.717, 1.165) is 12.8 Å². The molecule has 28 heavy (non-hydrogen) atoms. The number of benzene rings is 1. The van der Waals surface area contributed by atoms with E-state index in [9.17, 15) is 14.0 Å². The number of hydrogen-bond acceptors (Lipinski definition) is 6. The summed E-state index contributed by atoms with van der Waals surface area (Å²) < 4.78 is 35.2. The van der Waals surface area contributed by atoms with Gasteiger partial charge in [0.1, 0.15) is 17.9 Å². The molecule has 2 unspecified atom stereocenters. The average Bonchev–Trinajstić information content (AvgIpc) is 3.38. The van der Waals surface area contributed by atoms with Crippen LogP contribution in [0.5, 0.6) is 5.75 Å². The number of methoxy groups -OCH3 is 1. The number of aromatic amines is 1. The number of nitrogens with two attached hydrogens (primary N) is 2. The zero-order chi connectivity index (χ0) is 20.2.